The molecular weight excluding hydrogens is 318 g/mol. The number of esters is 1. The van der Waals surface area contributed by atoms with E-state index < -0.39 is 31.4 Å². The van der Waals surface area contributed by atoms with Gasteiger partial charge >= 0.3 is 5.97 Å². The normalized spacial score (nSPS) is 25.8. The molecule has 1 rings (SSSR count). The van der Waals surface area contributed by atoms with Gasteiger partial charge in [-0.1, -0.05) is 32.1 Å². The lowest BCUT2D eigenvalue weighted by molar-refractivity contribution is -0.148. The van der Waals surface area contributed by atoms with Crippen LogP contribution in [0.3, 0.4) is 0 Å². The van der Waals surface area contributed by atoms with Crippen LogP contribution in [-0.4, -0.2) is 42.4 Å². The first kappa shape index (κ1) is 16.6. The van der Waals surface area contributed by atoms with E-state index in [1.165, 1.54) is 0 Å². The van der Waals surface area contributed by atoms with Crippen molar-refractivity contribution in [3.63, 3.8) is 0 Å². The number of cyclic esters (lactones) is 1. The van der Waals surface area contributed by atoms with E-state index in [-0.39, 0.29) is 24.9 Å². The van der Waals surface area contributed by atoms with Crippen molar-refractivity contribution in [2.45, 2.75) is 70.8 Å². The Kier molecular flexibility index (Phi) is 8.75. The molecule has 1 heterocycles. The standard InChI is InChI=1S/C16H29N3O3.ClH/c1-13-10-8-6-4-3-5-7-9-11-14(20)18-16(17)19(2)12-15(21)22-13;/h13H,3-12H2,1-2H3,(H2,17,18,20);1H/t13-;/m0./s1/i2D3;. The third-order valence-electron chi connectivity index (χ3n) is 3.64. The van der Waals surface area contributed by atoms with Crippen molar-refractivity contribution in [1.82, 2.24) is 4.90 Å². The van der Waals surface area contributed by atoms with Crippen molar-refractivity contribution in [3.8, 4) is 0 Å². The highest BCUT2D eigenvalue weighted by atomic mass is 35.5. The Morgan fingerprint density at radius 1 is 1.17 bits per heavy atom. The number of guanidine groups is 1. The predicted octanol–water partition coefficient (Wildman–Crippen LogP) is 2.64. The first-order valence-corrected chi connectivity index (χ1v) is 8.04. The third kappa shape index (κ3) is 10.2. The Balaban J connectivity index is 0.00000625. The monoisotopic (exact) mass is 350 g/mol. The molecule has 0 saturated heterocycles. The molecule has 1 aliphatic heterocycles. The quantitative estimate of drug-likeness (QED) is 0.679. The van der Waals surface area contributed by atoms with Gasteiger partial charge in [0.15, 0.2) is 5.96 Å². The second-order valence-electron chi connectivity index (χ2n) is 5.76. The van der Waals surface area contributed by atoms with Crippen molar-refractivity contribution in [2.24, 2.45) is 10.7 Å². The van der Waals surface area contributed by atoms with Gasteiger partial charge in [0, 0.05) is 17.5 Å². The van der Waals surface area contributed by atoms with Crippen LogP contribution in [0.25, 0.3) is 0 Å². The summed E-state index contributed by atoms with van der Waals surface area (Å²) < 4.78 is 27.8. The summed E-state index contributed by atoms with van der Waals surface area (Å²) in [5, 5.41) is 0. The van der Waals surface area contributed by atoms with Crippen molar-refractivity contribution < 1.29 is 18.4 Å². The summed E-state index contributed by atoms with van der Waals surface area (Å²) in [4.78, 5) is 28.1. The lowest BCUT2D eigenvalue weighted by atomic mass is 10.1. The Morgan fingerprint density at radius 3 is 2.43 bits per heavy atom. The van der Waals surface area contributed by atoms with E-state index in [2.05, 4.69) is 4.99 Å². The summed E-state index contributed by atoms with van der Waals surface area (Å²) in [7, 11) is 0. The molecule has 0 saturated carbocycles. The maximum Gasteiger partial charge on any atom is 0.325 e. The molecule has 0 aromatic carbocycles. The molecule has 0 bridgehead atoms. The second-order valence-corrected chi connectivity index (χ2v) is 5.76. The first-order valence-electron chi connectivity index (χ1n) is 9.54. The van der Waals surface area contributed by atoms with E-state index in [1.54, 1.807) is 6.92 Å². The van der Waals surface area contributed by atoms with Crippen molar-refractivity contribution in [3.05, 3.63) is 0 Å². The number of nitrogens with zero attached hydrogens (tertiary/aromatic N) is 2. The number of halogens is 1. The number of nitrogens with two attached hydrogens (primary N) is 1. The molecule has 0 unspecified atom stereocenters. The van der Waals surface area contributed by atoms with Crippen LogP contribution >= 0.6 is 12.4 Å². The summed E-state index contributed by atoms with van der Waals surface area (Å²) in [5.41, 5.74) is 5.67. The summed E-state index contributed by atoms with van der Waals surface area (Å²) in [5.74, 6) is -1.64. The highest BCUT2D eigenvalue weighted by molar-refractivity contribution is 5.93. The Morgan fingerprint density at radius 2 is 1.78 bits per heavy atom. The number of carbonyl (C=O) groups is 2. The number of hydrogen-bond acceptors (Lipinski definition) is 5. The number of hydrogen-bond donors (Lipinski definition) is 1. The molecule has 0 aromatic heterocycles. The number of likely N-dealkylation sites (N-methyl/N-ethyl adjacent to an activating group) is 1. The Hall–Kier alpha value is -1.30. The maximum absolute atomic E-state index is 12.0. The fraction of sp³-hybridized carbons (Fsp3) is 0.812. The van der Waals surface area contributed by atoms with Gasteiger partial charge in [-0.05, 0) is 26.2 Å². The molecule has 1 amide bonds. The van der Waals surface area contributed by atoms with Crippen LogP contribution in [0.5, 0.6) is 0 Å². The number of rotatable bonds is 0. The number of carbonyl (C=O) groups excluding carboxylic acids is 2. The summed E-state index contributed by atoms with van der Waals surface area (Å²) in [6.45, 7) is -1.46. The molecule has 0 aliphatic carbocycles. The highest BCUT2D eigenvalue weighted by Gasteiger charge is 2.14. The third-order valence-corrected chi connectivity index (χ3v) is 3.64. The number of aliphatic imine (C=N–C) groups is 1. The zero-order valence-corrected chi connectivity index (χ0v) is 14.6. The summed E-state index contributed by atoms with van der Waals surface area (Å²) >= 11 is 0. The SMILES string of the molecule is Cl.[2H]C([2H])([2H])N1CC(=O)O[C@@H](C)CCCCCCCCCC(=O)N=C1N. The molecule has 23 heavy (non-hydrogen) atoms. The van der Waals surface area contributed by atoms with Crippen molar-refractivity contribution in [2.75, 3.05) is 13.5 Å². The summed E-state index contributed by atoms with van der Waals surface area (Å²) in [6, 6.07) is 0. The molecule has 1 aliphatic rings. The molecule has 0 radical (unpaired) electrons. The van der Waals surface area contributed by atoms with Gasteiger partial charge in [-0.2, -0.15) is 4.99 Å². The van der Waals surface area contributed by atoms with Gasteiger partial charge in [0.25, 0.3) is 0 Å². The largest absolute Gasteiger partial charge is 0.461 e. The van der Waals surface area contributed by atoms with Gasteiger partial charge < -0.3 is 15.4 Å². The molecule has 2 N–H and O–H groups in total. The average Bonchev–Trinajstić information content (AvgIpc) is 2.49. The van der Waals surface area contributed by atoms with Gasteiger partial charge in [0.2, 0.25) is 5.91 Å². The zero-order valence-electron chi connectivity index (χ0n) is 16.8. The van der Waals surface area contributed by atoms with Crippen molar-refractivity contribution in [1.29, 1.82) is 0 Å². The van der Waals surface area contributed by atoms with E-state index >= 15 is 0 Å². The zero-order chi connectivity index (χ0) is 18.9. The minimum absolute atomic E-state index is 0. The molecule has 7 heteroatoms. The lowest BCUT2D eigenvalue weighted by Gasteiger charge is -2.19. The van der Waals surface area contributed by atoms with E-state index in [1.807, 2.05) is 0 Å². The Bertz CT molecular complexity index is 487. The van der Waals surface area contributed by atoms with Crippen LogP contribution < -0.4 is 5.73 Å². The van der Waals surface area contributed by atoms with Crippen LogP contribution in [0, 0.1) is 0 Å². The van der Waals surface area contributed by atoms with Gasteiger partial charge in [0.1, 0.15) is 6.54 Å². The number of amides is 1. The van der Waals surface area contributed by atoms with Crippen LogP contribution in [0.15, 0.2) is 4.99 Å². The molecule has 6 nitrogen and oxygen atoms in total. The topological polar surface area (TPSA) is 85.0 Å². The predicted molar refractivity (Wildman–Crippen MR) is 93.6 cm³/mol. The smallest absolute Gasteiger partial charge is 0.325 e. The Labute approximate surface area is 149 Å². The van der Waals surface area contributed by atoms with E-state index in [0.717, 1.165) is 44.9 Å². The number of ether oxygens (including phenoxy) is 1. The molecule has 0 aromatic rings. The lowest BCUT2D eigenvalue weighted by Crippen LogP contribution is -2.39. The van der Waals surface area contributed by atoms with E-state index in [9.17, 15) is 9.59 Å². The minimum Gasteiger partial charge on any atom is -0.461 e. The fourth-order valence-corrected chi connectivity index (χ4v) is 2.37. The molecule has 1 atom stereocenters. The van der Waals surface area contributed by atoms with Crippen LogP contribution in [-0.2, 0) is 14.3 Å². The van der Waals surface area contributed by atoms with Crippen LogP contribution in [0.1, 0.15) is 68.8 Å². The highest BCUT2D eigenvalue weighted by Crippen LogP contribution is 2.12. The summed E-state index contributed by atoms with van der Waals surface area (Å²) in [6.07, 6.45) is 7.61. The first-order chi connectivity index (χ1) is 11.7. The minimum atomic E-state index is -2.68. The van der Waals surface area contributed by atoms with Gasteiger partial charge in [-0.15, -0.1) is 12.4 Å². The van der Waals surface area contributed by atoms with Crippen molar-refractivity contribution >= 4 is 30.2 Å². The van der Waals surface area contributed by atoms with Gasteiger partial charge in [0.05, 0.1) is 6.10 Å². The van der Waals surface area contributed by atoms with Crippen LogP contribution in [0.4, 0.5) is 0 Å². The van der Waals surface area contributed by atoms with Crippen LogP contribution in [0.2, 0.25) is 0 Å². The molecule has 0 fully saturated rings. The molecule has 134 valence electrons. The fourth-order valence-electron chi connectivity index (χ4n) is 2.37. The van der Waals surface area contributed by atoms with Gasteiger partial charge in [-0.25, -0.2) is 0 Å². The maximum atomic E-state index is 12.0. The molecule has 0 spiro atoms. The van der Waals surface area contributed by atoms with Gasteiger partial charge in [-0.3, -0.25) is 9.59 Å². The molecular formula is C16H30ClN3O3. The van der Waals surface area contributed by atoms with E-state index in [0.29, 0.717) is 11.3 Å². The second kappa shape index (κ2) is 12.2. The van der Waals surface area contributed by atoms with E-state index in [4.69, 9.17) is 14.6 Å². The average molecular weight is 351 g/mol.